The molecule has 1 atom stereocenters. The molecule has 1 rings (SSSR count). The Labute approximate surface area is 73.2 Å². The topological polar surface area (TPSA) is 41.1 Å². The average molecular weight is 168 g/mol. The molecule has 0 aromatic heterocycles. The van der Waals surface area contributed by atoms with E-state index in [2.05, 4.69) is 17.2 Å². The van der Waals surface area contributed by atoms with E-state index in [0.717, 1.165) is 19.5 Å². The van der Waals surface area contributed by atoms with Gasteiger partial charge in [0.05, 0.1) is 0 Å². The van der Waals surface area contributed by atoms with Gasteiger partial charge in [-0.1, -0.05) is 6.58 Å². The second-order valence-corrected chi connectivity index (χ2v) is 3.08. The molecule has 1 fully saturated rings. The number of amides is 1. The molecule has 0 aliphatic carbocycles. The lowest BCUT2D eigenvalue weighted by atomic mass is 10.1. The van der Waals surface area contributed by atoms with E-state index in [1.165, 1.54) is 18.9 Å². The van der Waals surface area contributed by atoms with Crippen LogP contribution in [0.25, 0.3) is 0 Å². The predicted molar refractivity (Wildman–Crippen MR) is 48.8 cm³/mol. The predicted octanol–water partition coefficient (Wildman–Crippen LogP) is 0.431. The van der Waals surface area contributed by atoms with Crippen molar-refractivity contribution in [3.8, 4) is 0 Å². The lowest BCUT2D eigenvalue weighted by Gasteiger charge is -2.09. The fourth-order valence-corrected chi connectivity index (χ4v) is 1.44. The van der Waals surface area contributed by atoms with Gasteiger partial charge < -0.3 is 10.6 Å². The zero-order valence-corrected chi connectivity index (χ0v) is 7.31. The maximum atomic E-state index is 10.7. The second-order valence-electron chi connectivity index (χ2n) is 3.08. The van der Waals surface area contributed by atoms with E-state index in [9.17, 15) is 4.79 Å². The van der Waals surface area contributed by atoms with Gasteiger partial charge >= 0.3 is 0 Å². The monoisotopic (exact) mass is 168 g/mol. The van der Waals surface area contributed by atoms with Gasteiger partial charge in [0.2, 0.25) is 5.91 Å². The van der Waals surface area contributed by atoms with Crippen LogP contribution < -0.4 is 10.6 Å². The van der Waals surface area contributed by atoms with Gasteiger partial charge in [-0.05, 0) is 31.9 Å². The van der Waals surface area contributed by atoms with E-state index in [1.54, 1.807) is 0 Å². The molecule has 1 aliphatic rings. The van der Waals surface area contributed by atoms with Crippen LogP contribution in [0.1, 0.15) is 19.3 Å². The molecule has 1 aliphatic heterocycles. The number of rotatable bonds is 4. The maximum Gasteiger partial charge on any atom is 0.243 e. The van der Waals surface area contributed by atoms with Gasteiger partial charge in [0.1, 0.15) is 0 Å². The third-order valence-corrected chi connectivity index (χ3v) is 2.14. The molecule has 68 valence electrons. The Balaban J connectivity index is 2.01. The van der Waals surface area contributed by atoms with Crippen LogP contribution in [0.15, 0.2) is 12.7 Å². The summed E-state index contributed by atoms with van der Waals surface area (Å²) in [6, 6.07) is 0.607. The molecule has 0 bridgehead atoms. The van der Waals surface area contributed by atoms with Crippen LogP contribution in [-0.4, -0.2) is 25.0 Å². The number of carbonyl (C=O) groups is 1. The van der Waals surface area contributed by atoms with Crippen molar-refractivity contribution < 1.29 is 4.79 Å². The van der Waals surface area contributed by atoms with Crippen molar-refractivity contribution in [2.24, 2.45) is 0 Å². The highest BCUT2D eigenvalue weighted by atomic mass is 16.1. The molecule has 1 heterocycles. The van der Waals surface area contributed by atoms with Crippen molar-refractivity contribution in [2.75, 3.05) is 13.1 Å². The number of carbonyl (C=O) groups excluding carboxylic acids is 1. The van der Waals surface area contributed by atoms with Crippen molar-refractivity contribution in [3.05, 3.63) is 12.7 Å². The van der Waals surface area contributed by atoms with E-state index >= 15 is 0 Å². The fraction of sp³-hybridized carbons (Fsp3) is 0.667. The van der Waals surface area contributed by atoms with E-state index < -0.39 is 0 Å². The zero-order valence-electron chi connectivity index (χ0n) is 7.31. The first-order chi connectivity index (χ1) is 5.83. The Morgan fingerprint density at radius 1 is 1.75 bits per heavy atom. The van der Waals surface area contributed by atoms with Crippen LogP contribution in [0.5, 0.6) is 0 Å². The molecule has 1 amide bonds. The van der Waals surface area contributed by atoms with Gasteiger partial charge in [-0.3, -0.25) is 4.79 Å². The SMILES string of the molecule is C=CC(=O)NCCC1CCCN1. The first-order valence-corrected chi connectivity index (χ1v) is 4.46. The Bertz CT molecular complexity index is 162. The highest BCUT2D eigenvalue weighted by Gasteiger charge is 2.12. The van der Waals surface area contributed by atoms with Gasteiger partial charge in [-0.2, -0.15) is 0 Å². The Morgan fingerprint density at radius 3 is 3.17 bits per heavy atom. The summed E-state index contributed by atoms with van der Waals surface area (Å²) in [4.78, 5) is 10.7. The Kier molecular flexibility index (Phi) is 3.80. The van der Waals surface area contributed by atoms with Crippen LogP contribution >= 0.6 is 0 Å². The van der Waals surface area contributed by atoms with Gasteiger partial charge in [-0.25, -0.2) is 0 Å². The van der Waals surface area contributed by atoms with Crippen molar-refractivity contribution in [2.45, 2.75) is 25.3 Å². The van der Waals surface area contributed by atoms with Gasteiger partial charge in [0, 0.05) is 12.6 Å². The minimum absolute atomic E-state index is 0.0759. The molecule has 0 aromatic carbocycles. The minimum atomic E-state index is -0.0759. The summed E-state index contributed by atoms with van der Waals surface area (Å²) < 4.78 is 0. The van der Waals surface area contributed by atoms with Gasteiger partial charge in [-0.15, -0.1) is 0 Å². The summed E-state index contributed by atoms with van der Waals surface area (Å²) in [5.41, 5.74) is 0. The largest absolute Gasteiger partial charge is 0.353 e. The van der Waals surface area contributed by atoms with Crippen molar-refractivity contribution in [1.29, 1.82) is 0 Å². The normalized spacial score (nSPS) is 22.2. The molecule has 1 unspecified atom stereocenters. The molecule has 3 nitrogen and oxygen atoms in total. The summed E-state index contributed by atoms with van der Waals surface area (Å²) >= 11 is 0. The Hall–Kier alpha value is -0.830. The molecule has 0 saturated carbocycles. The van der Waals surface area contributed by atoms with Crippen LogP contribution in [0, 0.1) is 0 Å². The average Bonchev–Trinajstić information content (AvgIpc) is 2.57. The molecule has 2 N–H and O–H groups in total. The molecule has 0 radical (unpaired) electrons. The summed E-state index contributed by atoms with van der Waals surface area (Å²) in [6.45, 7) is 5.26. The second kappa shape index (κ2) is 4.93. The number of hydrogen-bond acceptors (Lipinski definition) is 2. The third-order valence-electron chi connectivity index (χ3n) is 2.14. The fourth-order valence-electron chi connectivity index (χ4n) is 1.44. The zero-order chi connectivity index (χ0) is 8.81. The van der Waals surface area contributed by atoms with E-state index in [1.807, 2.05) is 0 Å². The molecule has 0 spiro atoms. The molecular formula is C9H16N2O. The van der Waals surface area contributed by atoms with E-state index in [0.29, 0.717) is 6.04 Å². The molecule has 1 saturated heterocycles. The maximum absolute atomic E-state index is 10.7. The lowest BCUT2D eigenvalue weighted by Crippen LogP contribution is -2.29. The summed E-state index contributed by atoms with van der Waals surface area (Å²) in [7, 11) is 0. The number of hydrogen-bond donors (Lipinski definition) is 2. The standard InChI is InChI=1S/C9H16N2O/c1-2-9(12)11-7-5-8-4-3-6-10-8/h2,8,10H,1,3-7H2,(H,11,12). The number of nitrogens with one attached hydrogen (secondary N) is 2. The first-order valence-electron chi connectivity index (χ1n) is 4.46. The van der Waals surface area contributed by atoms with Gasteiger partial charge in [0.25, 0.3) is 0 Å². The van der Waals surface area contributed by atoms with Crippen LogP contribution in [-0.2, 0) is 4.79 Å². The van der Waals surface area contributed by atoms with E-state index in [-0.39, 0.29) is 5.91 Å². The van der Waals surface area contributed by atoms with Crippen molar-refractivity contribution in [3.63, 3.8) is 0 Å². The van der Waals surface area contributed by atoms with Crippen molar-refractivity contribution in [1.82, 2.24) is 10.6 Å². The molecular weight excluding hydrogens is 152 g/mol. The summed E-state index contributed by atoms with van der Waals surface area (Å²) in [6.07, 6.45) is 4.84. The van der Waals surface area contributed by atoms with Crippen LogP contribution in [0.4, 0.5) is 0 Å². The highest BCUT2D eigenvalue weighted by Crippen LogP contribution is 2.07. The molecule has 0 aromatic rings. The van der Waals surface area contributed by atoms with Crippen LogP contribution in [0.3, 0.4) is 0 Å². The van der Waals surface area contributed by atoms with Gasteiger partial charge in [0.15, 0.2) is 0 Å². The van der Waals surface area contributed by atoms with Crippen LogP contribution in [0.2, 0.25) is 0 Å². The third kappa shape index (κ3) is 3.05. The Morgan fingerprint density at radius 2 is 2.58 bits per heavy atom. The van der Waals surface area contributed by atoms with Crippen molar-refractivity contribution >= 4 is 5.91 Å². The highest BCUT2D eigenvalue weighted by molar-refractivity contribution is 5.86. The lowest BCUT2D eigenvalue weighted by molar-refractivity contribution is -0.116. The quantitative estimate of drug-likeness (QED) is 0.598. The molecule has 3 heteroatoms. The molecule has 12 heavy (non-hydrogen) atoms. The minimum Gasteiger partial charge on any atom is -0.353 e. The summed E-state index contributed by atoms with van der Waals surface area (Å²) in [5, 5.41) is 6.13. The first kappa shape index (κ1) is 9.26. The van der Waals surface area contributed by atoms with E-state index in [4.69, 9.17) is 0 Å². The summed E-state index contributed by atoms with van der Waals surface area (Å²) in [5.74, 6) is -0.0759. The smallest absolute Gasteiger partial charge is 0.243 e.